The van der Waals surface area contributed by atoms with Crippen LogP contribution in [0.15, 0.2) is 18.2 Å². The molecule has 0 unspecified atom stereocenters. The monoisotopic (exact) mass is 276 g/mol. The van der Waals surface area contributed by atoms with Crippen molar-refractivity contribution in [1.29, 1.82) is 0 Å². The average molecular weight is 276 g/mol. The Morgan fingerprint density at radius 2 is 2.35 bits per heavy atom. The Morgan fingerprint density at radius 3 is 3.05 bits per heavy atom. The largest absolute Gasteiger partial charge is 0.491 e. The van der Waals surface area contributed by atoms with E-state index in [0.29, 0.717) is 6.61 Å². The van der Waals surface area contributed by atoms with Crippen molar-refractivity contribution in [3.05, 3.63) is 23.8 Å². The van der Waals surface area contributed by atoms with E-state index in [9.17, 15) is 4.79 Å². The van der Waals surface area contributed by atoms with E-state index in [1.165, 1.54) is 0 Å². The summed E-state index contributed by atoms with van der Waals surface area (Å²) in [6, 6.07) is 5.90. The minimum absolute atomic E-state index is 0.0593. The lowest BCUT2D eigenvalue weighted by molar-refractivity contribution is -0.120. The van der Waals surface area contributed by atoms with Crippen LogP contribution in [0.4, 0.5) is 5.69 Å². The van der Waals surface area contributed by atoms with Gasteiger partial charge in [0, 0.05) is 6.54 Å². The molecule has 1 aliphatic rings. The molecule has 1 aliphatic heterocycles. The highest BCUT2D eigenvalue weighted by Gasteiger charge is 2.21. The van der Waals surface area contributed by atoms with Gasteiger partial charge in [0.2, 0.25) is 5.91 Å². The molecule has 0 saturated carbocycles. The van der Waals surface area contributed by atoms with E-state index in [1.807, 2.05) is 25.1 Å². The average Bonchev–Trinajstić information content (AvgIpc) is 2.48. The normalized spacial score (nSPS) is 18.6. The van der Waals surface area contributed by atoms with Crippen LogP contribution in [0.5, 0.6) is 5.75 Å². The van der Waals surface area contributed by atoms with E-state index in [1.54, 1.807) is 0 Å². The zero-order valence-corrected chi connectivity index (χ0v) is 12.4. The van der Waals surface area contributed by atoms with E-state index in [-0.39, 0.29) is 11.8 Å². The van der Waals surface area contributed by atoms with Crippen LogP contribution in [0.1, 0.15) is 31.7 Å². The Labute approximate surface area is 120 Å². The number of hydrogen-bond donors (Lipinski definition) is 2. The van der Waals surface area contributed by atoms with Gasteiger partial charge >= 0.3 is 0 Å². The van der Waals surface area contributed by atoms with Crippen LogP contribution in [0.2, 0.25) is 0 Å². The number of carbonyl (C=O) groups is 1. The zero-order chi connectivity index (χ0) is 14.4. The van der Waals surface area contributed by atoms with Crippen molar-refractivity contribution < 1.29 is 9.53 Å². The van der Waals surface area contributed by atoms with Gasteiger partial charge in [-0.2, -0.15) is 0 Å². The molecule has 4 heteroatoms. The third kappa shape index (κ3) is 3.97. The summed E-state index contributed by atoms with van der Waals surface area (Å²) in [4.78, 5) is 12.3. The number of ether oxygens (including phenoxy) is 1. The summed E-state index contributed by atoms with van der Waals surface area (Å²) in [6.45, 7) is 6.54. The zero-order valence-electron chi connectivity index (χ0n) is 12.4. The van der Waals surface area contributed by atoms with Crippen molar-refractivity contribution in [2.75, 3.05) is 25.0 Å². The SMILES string of the molecule is CCCOc1cc(C)ccc1NC(=O)[C@@H]1CCCNC1. The van der Waals surface area contributed by atoms with Crippen molar-refractivity contribution in [3.63, 3.8) is 0 Å². The van der Waals surface area contributed by atoms with E-state index >= 15 is 0 Å². The molecule has 0 bridgehead atoms. The van der Waals surface area contributed by atoms with E-state index in [0.717, 1.165) is 49.4 Å². The Morgan fingerprint density at radius 1 is 1.50 bits per heavy atom. The molecule has 20 heavy (non-hydrogen) atoms. The highest BCUT2D eigenvalue weighted by molar-refractivity contribution is 5.94. The number of benzene rings is 1. The number of rotatable bonds is 5. The minimum atomic E-state index is 0.0593. The molecule has 1 atom stereocenters. The fraction of sp³-hybridized carbons (Fsp3) is 0.562. The predicted octanol–water partition coefficient (Wildman–Crippen LogP) is 2.72. The van der Waals surface area contributed by atoms with Gasteiger partial charge in [0.05, 0.1) is 18.2 Å². The lowest BCUT2D eigenvalue weighted by Gasteiger charge is -2.22. The molecule has 1 aromatic rings. The lowest BCUT2D eigenvalue weighted by atomic mass is 9.98. The molecule has 0 radical (unpaired) electrons. The first-order valence-electron chi connectivity index (χ1n) is 7.45. The third-order valence-corrected chi connectivity index (χ3v) is 3.52. The van der Waals surface area contributed by atoms with Crippen molar-refractivity contribution in [1.82, 2.24) is 5.32 Å². The van der Waals surface area contributed by atoms with Crippen LogP contribution in [-0.2, 0) is 4.79 Å². The van der Waals surface area contributed by atoms with Crippen molar-refractivity contribution >= 4 is 11.6 Å². The number of amides is 1. The Hall–Kier alpha value is -1.55. The fourth-order valence-corrected chi connectivity index (χ4v) is 2.37. The summed E-state index contributed by atoms with van der Waals surface area (Å²) in [5.74, 6) is 0.912. The van der Waals surface area contributed by atoms with Gasteiger partial charge in [-0.25, -0.2) is 0 Å². The molecule has 110 valence electrons. The first-order chi connectivity index (χ1) is 9.70. The second-order valence-corrected chi connectivity index (χ2v) is 5.38. The second-order valence-electron chi connectivity index (χ2n) is 5.38. The van der Waals surface area contributed by atoms with Crippen LogP contribution >= 0.6 is 0 Å². The predicted molar refractivity (Wildman–Crippen MR) is 81.2 cm³/mol. The minimum Gasteiger partial charge on any atom is -0.491 e. The summed E-state index contributed by atoms with van der Waals surface area (Å²) < 4.78 is 5.73. The maximum atomic E-state index is 12.3. The van der Waals surface area contributed by atoms with Crippen LogP contribution < -0.4 is 15.4 Å². The maximum absolute atomic E-state index is 12.3. The smallest absolute Gasteiger partial charge is 0.228 e. The molecule has 4 nitrogen and oxygen atoms in total. The van der Waals surface area contributed by atoms with Gasteiger partial charge in [-0.1, -0.05) is 13.0 Å². The summed E-state index contributed by atoms with van der Waals surface area (Å²) in [7, 11) is 0. The molecular weight excluding hydrogens is 252 g/mol. The summed E-state index contributed by atoms with van der Waals surface area (Å²) in [6.07, 6.45) is 2.97. The van der Waals surface area contributed by atoms with E-state index in [2.05, 4.69) is 17.6 Å². The molecular formula is C16H24N2O2. The molecule has 1 aromatic carbocycles. The molecule has 0 aromatic heterocycles. The topological polar surface area (TPSA) is 50.4 Å². The van der Waals surface area contributed by atoms with E-state index < -0.39 is 0 Å². The van der Waals surface area contributed by atoms with Crippen molar-refractivity contribution in [2.24, 2.45) is 5.92 Å². The van der Waals surface area contributed by atoms with Crippen LogP contribution in [-0.4, -0.2) is 25.6 Å². The van der Waals surface area contributed by atoms with Crippen LogP contribution in [0.25, 0.3) is 0 Å². The Balaban J connectivity index is 2.05. The number of piperidine rings is 1. The van der Waals surface area contributed by atoms with E-state index in [4.69, 9.17) is 4.74 Å². The number of carbonyl (C=O) groups excluding carboxylic acids is 1. The molecule has 2 N–H and O–H groups in total. The fourth-order valence-electron chi connectivity index (χ4n) is 2.37. The Bertz CT molecular complexity index is 454. The van der Waals surface area contributed by atoms with Gasteiger partial charge in [0.15, 0.2) is 0 Å². The van der Waals surface area contributed by atoms with Crippen molar-refractivity contribution in [3.8, 4) is 5.75 Å². The third-order valence-electron chi connectivity index (χ3n) is 3.52. The Kier molecular flexibility index (Phi) is 5.41. The number of anilines is 1. The van der Waals surface area contributed by atoms with Crippen LogP contribution in [0.3, 0.4) is 0 Å². The molecule has 1 heterocycles. The second kappa shape index (κ2) is 7.29. The lowest BCUT2D eigenvalue weighted by Crippen LogP contribution is -2.37. The molecule has 0 spiro atoms. The molecule has 2 rings (SSSR count). The standard InChI is InChI=1S/C16H24N2O2/c1-3-9-20-15-10-12(2)6-7-14(15)18-16(19)13-5-4-8-17-11-13/h6-7,10,13,17H,3-5,8-9,11H2,1-2H3,(H,18,19)/t13-/m1/s1. The highest BCUT2D eigenvalue weighted by Crippen LogP contribution is 2.27. The van der Waals surface area contributed by atoms with Gasteiger partial charge in [0.1, 0.15) is 5.75 Å². The van der Waals surface area contributed by atoms with Gasteiger partial charge in [-0.3, -0.25) is 4.79 Å². The summed E-state index contributed by atoms with van der Waals surface area (Å²) >= 11 is 0. The molecule has 1 fully saturated rings. The summed E-state index contributed by atoms with van der Waals surface area (Å²) in [5, 5.41) is 6.28. The van der Waals surface area contributed by atoms with Gasteiger partial charge in [-0.15, -0.1) is 0 Å². The molecule has 1 amide bonds. The quantitative estimate of drug-likeness (QED) is 0.869. The first-order valence-corrected chi connectivity index (χ1v) is 7.45. The van der Waals surface area contributed by atoms with Gasteiger partial charge < -0.3 is 15.4 Å². The molecule has 0 aliphatic carbocycles. The first kappa shape index (κ1) is 14.9. The number of hydrogen-bond acceptors (Lipinski definition) is 3. The van der Waals surface area contributed by atoms with Crippen LogP contribution in [0, 0.1) is 12.8 Å². The maximum Gasteiger partial charge on any atom is 0.228 e. The summed E-state index contributed by atoms with van der Waals surface area (Å²) in [5.41, 5.74) is 1.91. The van der Waals surface area contributed by atoms with Crippen molar-refractivity contribution in [2.45, 2.75) is 33.1 Å². The highest BCUT2D eigenvalue weighted by atomic mass is 16.5. The molecule has 1 saturated heterocycles. The number of aryl methyl sites for hydroxylation is 1. The number of nitrogens with one attached hydrogen (secondary N) is 2. The van der Waals surface area contributed by atoms with Gasteiger partial charge in [-0.05, 0) is 50.4 Å². The van der Waals surface area contributed by atoms with Gasteiger partial charge in [0.25, 0.3) is 0 Å².